The summed E-state index contributed by atoms with van der Waals surface area (Å²) >= 11 is 1.68. The molecule has 192 valence electrons. The molecule has 0 aromatic carbocycles. The number of aromatic nitrogens is 3. The lowest BCUT2D eigenvalue weighted by Crippen LogP contribution is -2.38. The van der Waals surface area contributed by atoms with E-state index >= 15 is 0 Å². The molecule has 0 spiro atoms. The van der Waals surface area contributed by atoms with Crippen LogP contribution in [0.1, 0.15) is 48.5 Å². The van der Waals surface area contributed by atoms with Crippen molar-refractivity contribution in [2.45, 2.75) is 39.5 Å². The van der Waals surface area contributed by atoms with E-state index in [0.29, 0.717) is 43.7 Å². The Balaban J connectivity index is 1.72. The molecule has 0 amide bonds. The van der Waals surface area contributed by atoms with Gasteiger partial charge in [-0.3, -0.25) is 9.20 Å². The molecule has 0 atom stereocenters. The number of ether oxygens (including phenoxy) is 3. The minimum atomic E-state index is -0.629. The first-order valence-electron chi connectivity index (χ1n) is 12.2. The number of esters is 1. The van der Waals surface area contributed by atoms with Gasteiger partial charge in [0.1, 0.15) is 11.5 Å². The van der Waals surface area contributed by atoms with Crippen LogP contribution in [-0.2, 0) is 31.8 Å². The number of thiazole rings is 1. The highest BCUT2D eigenvalue weighted by Gasteiger charge is 2.22. The van der Waals surface area contributed by atoms with Gasteiger partial charge in [-0.05, 0) is 37.0 Å². The topological polar surface area (TPSA) is 95.3 Å². The van der Waals surface area contributed by atoms with Gasteiger partial charge in [0.05, 0.1) is 43.2 Å². The number of morpholine rings is 1. The largest absolute Gasteiger partial charge is 0.490 e. The lowest BCUT2D eigenvalue weighted by atomic mass is 10.1. The third-order valence-corrected chi connectivity index (χ3v) is 6.91. The maximum Gasteiger partial charge on any atom is 0.373 e. The van der Waals surface area contributed by atoms with Crippen molar-refractivity contribution < 1.29 is 19.0 Å². The van der Waals surface area contributed by atoms with Crippen molar-refractivity contribution in [2.75, 3.05) is 44.9 Å². The predicted molar refractivity (Wildman–Crippen MR) is 140 cm³/mol. The number of rotatable bonds is 9. The molecule has 36 heavy (non-hydrogen) atoms. The first-order valence-corrected chi connectivity index (χ1v) is 13.0. The van der Waals surface area contributed by atoms with Crippen molar-refractivity contribution in [3.63, 3.8) is 0 Å². The quantitative estimate of drug-likeness (QED) is 0.244. The second kappa shape index (κ2) is 11.7. The fourth-order valence-corrected chi connectivity index (χ4v) is 4.93. The molecule has 0 bridgehead atoms. The number of carbonyl (C=O) groups excluding carboxylic acids is 1. The summed E-state index contributed by atoms with van der Waals surface area (Å²) in [6.07, 6.45) is 4.78. The van der Waals surface area contributed by atoms with Crippen LogP contribution >= 0.6 is 11.3 Å². The molecule has 1 aliphatic heterocycles. The Bertz CT molecular complexity index is 1310. The summed E-state index contributed by atoms with van der Waals surface area (Å²) in [5, 5.41) is 3.22. The number of pyridine rings is 1. The Morgan fingerprint density at radius 1 is 1.25 bits per heavy atom. The second-order valence-corrected chi connectivity index (χ2v) is 9.71. The van der Waals surface area contributed by atoms with Crippen LogP contribution in [0.3, 0.4) is 0 Å². The zero-order chi connectivity index (χ0) is 25.7. The monoisotopic (exact) mass is 512 g/mol. The Morgan fingerprint density at radius 3 is 2.69 bits per heavy atom. The maximum atomic E-state index is 13.6. The molecule has 9 nitrogen and oxygen atoms in total. The van der Waals surface area contributed by atoms with Gasteiger partial charge in [0.25, 0.3) is 5.56 Å². The van der Waals surface area contributed by atoms with E-state index < -0.39 is 5.97 Å². The average Bonchev–Trinajstić information content (AvgIpc) is 3.37. The molecular formula is C26H32N4O5S. The standard InChI is InChI=1S/C26H32N4O5S/c1-5-35-26(32)21(33-4)15-19-24(29-10-12-34-13-11-29)28-22-14-18(8-9-30(22)25(19)31)6-7-23-27-20(16-36-23)17(2)3/h8-9,14-17H,5-7,10-13H2,1-4H3/b21-15-. The Morgan fingerprint density at radius 2 is 2.03 bits per heavy atom. The van der Waals surface area contributed by atoms with Crippen LogP contribution < -0.4 is 10.5 Å². The van der Waals surface area contributed by atoms with Gasteiger partial charge < -0.3 is 19.1 Å². The smallest absolute Gasteiger partial charge is 0.373 e. The molecule has 4 rings (SSSR count). The van der Waals surface area contributed by atoms with Crippen molar-refractivity contribution in [1.29, 1.82) is 0 Å². The lowest BCUT2D eigenvalue weighted by Gasteiger charge is -2.29. The second-order valence-electron chi connectivity index (χ2n) is 8.77. The highest BCUT2D eigenvalue weighted by molar-refractivity contribution is 7.09. The highest BCUT2D eigenvalue weighted by Crippen LogP contribution is 2.23. The summed E-state index contributed by atoms with van der Waals surface area (Å²) in [5.74, 6) is 0.235. The molecule has 3 aromatic heterocycles. The van der Waals surface area contributed by atoms with Crippen LogP contribution in [-0.4, -0.2) is 60.4 Å². The first kappa shape index (κ1) is 25.8. The van der Waals surface area contributed by atoms with Gasteiger partial charge in [-0.25, -0.2) is 14.8 Å². The van der Waals surface area contributed by atoms with Gasteiger partial charge in [0.15, 0.2) is 0 Å². The average molecular weight is 513 g/mol. The first-order chi connectivity index (χ1) is 17.4. The van der Waals surface area contributed by atoms with Gasteiger partial charge in [-0.1, -0.05) is 13.8 Å². The zero-order valence-electron chi connectivity index (χ0n) is 21.2. The highest BCUT2D eigenvalue weighted by atomic mass is 32.1. The van der Waals surface area contributed by atoms with Gasteiger partial charge in [-0.15, -0.1) is 11.3 Å². The molecule has 4 heterocycles. The van der Waals surface area contributed by atoms with Crippen molar-refractivity contribution >= 4 is 34.8 Å². The fraction of sp³-hybridized carbons (Fsp3) is 0.462. The molecule has 0 aliphatic carbocycles. The molecule has 3 aromatic rings. The summed E-state index contributed by atoms with van der Waals surface area (Å²) < 4.78 is 17.3. The van der Waals surface area contributed by atoms with Crippen LogP contribution in [0, 0.1) is 0 Å². The van der Waals surface area contributed by atoms with E-state index in [1.807, 2.05) is 17.0 Å². The summed E-state index contributed by atoms with van der Waals surface area (Å²) in [7, 11) is 1.38. The van der Waals surface area contributed by atoms with E-state index in [0.717, 1.165) is 29.1 Å². The molecular weight excluding hydrogens is 480 g/mol. The molecule has 0 radical (unpaired) electrons. The summed E-state index contributed by atoms with van der Waals surface area (Å²) in [5.41, 5.74) is 2.73. The van der Waals surface area contributed by atoms with Crippen molar-refractivity contribution in [2.24, 2.45) is 0 Å². The Labute approximate surface area is 214 Å². The SMILES string of the molecule is CCOC(=O)/C(=C/c1c(N2CCOCC2)nc2cc(CCc3nc(C(C)C)cs3)ccn2c1=O)OC. The van der Waals surface area contributed by atoms with E-state index in [1.165, 1.54) is 17.6 Å². The number of methoxy groups -OCH3 is 1. The number of hydrogen-bond donors (Lipinski definition) is 0. The Kier molecular flexibility index (Phi) is 8.37. The number of anilines is 1. The van der Waals surface area contributed by atoms with E-state index in [1.54, 1.807) is 24.5 Å². The molecule has 1 fully saturated rings. The molecule has 10 heteroatoms. The summed E-state index contributed by atoms with van der Waals surface area (Å²) in [4.78, 5) is 37.5. The number of hydrogen-bond acceptors (Lipinski definition) is 9. The number of carbonyl (C=O) groups is 1. The molecule has 0 N–H and O–H groups in total. The van der Waals surface area contributed by atoms with Gasteiger partial charge >= 0.3 is 5.97 Å². The van der Waals surface area contributed by atoms with Gasteiger partial charge in [-0.2, -0.15) is 0 Å². The zero-order valence-corrected chi connectivity index (χ0v) is 22.0. The minimum absolute atomic E-state index is 0.0500. The molecule has 0 unspecified atom stereocenters. The van der Waals surface area contributed by atoms with Crippen LogP contribution in [0.2, 0.25) is 0 Å². The third-order valence-electron chi connectivity index (χ3n) is 5.98. The van der Waals surface area contributed by atoms with Crippen LogP contribution in [0.15, 0.2) is 34.3 Å². The van der Waals surface area contributed by atoms with E-state index in [2.05, 4.69) is 19.2 Å². The lowest BCUT2D eigenvalue weighted by molar-refractivity contribution is -0.141. The fourth-order valence-electron chi connectivity index (χ4n) is 3.97. The predicted octanol–water partition coefficient (Wildman–Crippen LogP) is 3.45. The molecule has 0 saturated carbocycles. The van der Waals surface area contributed by atoms with Gasteiger partial charge in [0.2, 0.25) is 5.76 Å². The number of nitrogens with zero attached hydrogens (tertiary/aromatic N) is 4. The van der Waals surface area contributed by atoms with Crippen molar-refractivity contribution in [3.8, 4) is 0 Å². The molecule has 1 aliphatic rings. The van der Waals surface area contributed by atoms with Crippen molar-refractivity contribution in [1.82, 2.24) is 14.4 Å². The van der Waals surface area contributed by atoms with E-state index in [4.69, 9.17) is 24.2 Å². The van der Waals surface area contributed by atoms with Crippen molar-refractivity contribution in [3.05, 3.63) is 61.7 Å². The Hall–Kier alpha value is -3.24. The van der Waals surface area contributed by atoms with E-state index in [-0.39, 0.29) is 23.5 Å². The summed E-state index contributed by atoms with van der Waals surface area (Å²) in [6.45, 7) is 8.45. The normalized spacial score (nSPS) is 14.5. The van der Waals surface area contributed by atoms with E-state index in [9.17, 15) is 9.59 Å². The van der Waals surface area contributed by atoms with Crippen LogP contribution in [0.25, 0.3) is 11.7 Å². The number of fused-ring (bicyclic) bond motifs is 1. The minimum Gasteiger partial charge on any atom is -0.490 e. The molecule has 1 saturated heterocycles. The van der Waals surface area contributed by atoms with Gasteiger partial charge in [0, 0.05) is 37.2 Å². The maximum absolute atomic E-state index is 13.6. The van der Waals surface area contributed by atoms with Crippen LogP contribution in [0.5, 0.6) is 0 Å². The summed E-state index contributed by atoms with van der Waals surface area (Å²) in [6, 6.07) is 3.87. The number of aryl methyl sites for hydroxylation is 2. The third kappa shape index (κ3) is 5.76. The van der Waals surface area contributed by atoms with Crippen LogP contribution in [0.4, 0.5) is 5.82 Å².